The lowest BCUT2D eigenvalue weighted by atomic mass is 10.3. The molecular weight excluding hydrogens is 337 g/mol. The summed E-state index contributed by atoms with van der Waals surface area (Å²) in [6.45, 7) is 0.622. The normalized spacial score (nSPS) is 10.8. The van der Waals surface area contributed by atoms with E-state index < -0.39 is 5.82 Å². The molecule has 0 spiro atoms. The highest BCUT2D eigenvalue weighted by atomic mass is 19.1. The van der Waals surface area contributed by atoms with Crippen molar-refractivity contribution in [3.05, 3.63) is 64.8 Å². The number of para-hydroxylation sites is 3. The smallest absolute Gasteiger partial charge is 0.329 e. The van der Waals surface area contributed by atoms with E-state index in [2.05, 4.69) is 5.32 Å². The Balaban J connectivity index is 1.50. The summed E-state index contributed by atoms with van der Waals surface area (Å²) in [6, 6.07) is 13.5. The zero-order valence-corrected chi connectivity index (χ0v) is 14.4. The van der Waals surface area contributed by atoms with Crippen LogP contribution in [0.25, 0.3) is 11.0 Å². The predicted molar refractivity (Wildman–Crippen MR) is 96.7 cm³/mol. The molecule has 0 atom stereocenters. The summed E-state index contributed by atoms with van der Waals surface area (Å²) < 4.78 is 21.7. The average molecular weight is 357 g/mol. The third-order valence-electron chi connectivity index (χ3n) is 4.09. The molecule has 7 heteroatoms. The highest BCUT2D eigenvalue weighted by Gasteiger charge is 2.12. The number of imidazole rings is 1. The van der Waals surface area contributed by atoms with Crippen molar-refractivity contribution in [2.24, 2.45) is 7.05 Å². The van der Waals surface area contributed by atoms with Crippen LogP contribution in [0.15, 0.2) is 53.3 Å². The number of nitrogens with zero attached hydrogens (tertiary/aromatic N) is 2. The van der Waals surface area contributed by atoms with E-state index in [0.717, 1.165) is 11.0 Å². The van der Waals surface area contributed by atoms with Crippen molar-refractivity contribution in [3.63, 3.8) is 0 Å². The number of benzene rings is 2. The lowest BCUT2D eigenvalue weighted by Crippen LogP contribution is -2.33. The predicted octanol–water partition coefficient (Wildman–Crippen LogP) is 2.06. The van der Waals surface area contributed by atoms with Crippen LogP contribution in [0.3, 0.4) is 0 Å². The Morgan fingerprint density at radius 3 is 2.58 bits per heavy atom. The van der Waals surface area contributed by atoms with Crippen LogP contribution in [0.2, 0.25) is 0 Å². The number of carbonyl (C=O) groups is 1. The Bertz CT molecular complexity index is 978. The van der Waals surface area contributed by atoms with Gasteiger partial charge in [0.25, 0.3) is 0 Å². The number of fused-ring (bicyclic) bond motifs is 1. The summed E-state index contributed by atoms with van der Waals surface area (Å²) in [6.07, 6.45) is 0.532. The van der Waals surface area contributed by atoms with E-state index in [-0.39, 0.29) is 30.5 Å². The van der Waals surface area contributed by atoms with Crippen molar-refractivity contribution in [1.82, 2.24) is 14.5 Å². The first kappa shape index (κ1) is 17.7. The van der Waals surface area contributed by atoms with Gasteiger partial charge in [-0.05, 0) is 30.7 Å². The van der Waals surface area contributed by atoms with Gasteiger partial charge in [-0.2, -0.15) is 0 Å². The highest BCUT2D eigenvalue weighted by molar-refractivity contribution is 5.80. The summed E-state index contributed by atoms with van der Waals surface area (Å²) in [5.74, 6) is -0.470. The average Bonchev–Trinajstić information content (AvgIpc) is 2.88. The van der Waals surface area contributed by atoms with Crippen molar-refractivity contribution >= 4 is 16.9 Å². The van der Waals surface area contributed by atoms with Crippen LogP contribution in [-0.4, -0.2) is 28.2 Å². The maximum atomic E-state index is 13.4. The van der Waals surface area contributed by atoms with E-state index in [0.29, 0.717) is 13.0 Å². The molecule has 1 N–H and O–H groups in total. The minimum Gasteiger partial charge on any atom is -0.490 e. The first-order valence-corrected chi connectivity index (χ1v) is 8.36. The number of rotatable bonds is 7. The van der Waals surface area contributed by atoms with E-state index in [1.165, 1.54) is 15.2 Å². The number of aryl methyl sites for hydroxylation is 1. The Kier molecular flexibility index (Phi) is 5.36. The zero-order chi connectivity index (χ0) is 18.5. The number of hydrogen-bond donors (Lipinski definition) is 1. The number of halogens is 1. The number of amides is 1. The molecule has 26 heavy (non-hydrogen) atoms. The van der Waals surface area contributed by atoms with Gasteiger partial charge >= 0.3 is 5.69 Å². The molecule has 0 aliphatic rings. The van der Waals surface area contributed by atoms with Gasteiger partial charge in [0.15, 0.2) is 11.6 Å². The van der Waals surface area contributed by atoms with Gasteiger partial charge in [-0.25, -0.2) is 9.18 Å². The molecule has 0 saturated carbocycles. The molecular formula is C19H20FN3O3. The fraction of sp³-hybridized carbons (Fsp3) is 0.263. The van der Waals surface area contributed by atoms with Crippen molar-refractivity contribution in [1.29, 1.82) is 0 Å². The lowest BCUT2D eigenvalue weighted by molar-refractivity contribution is -0.121. The van der Waals surface area contributed by atoms with Crippen LogP contribution in [0.1, 0.15) is 6.42 Å². The summed E-state index contributed by atoms with van der Waals surface area (Å²) in [4.78, 5) is 24.4. The van der Waals surface area contributed by atoms with Crippen molar-refractivity contribution in [3.8, 4) is 5.75 Å². The third kappa shape index (κ3) is 3.77. The fourth-order valence-electron chi connectivity index (χ4n) is 2.76. The fourth-order valence-corrected chi connectivity index (χ4v) is 2.76. The van der Waals surface area contributed by atoms with Crippen LogP contribution in [0.5, 0.6) is 5.75 Å². The molecule has 1 heterocycles. The number of aromatic nitrogens is 2. The van der Waals surface area contributed by atoms with Crippen LogP contribution in [0.4, 0.5) is 4.39 Å². The maximum absolute atomic E-state index is 13.4. The van der Waals surface area contributed by atoms with Gasteiger partial charge in [0.05, 0.1) is 17.6 Å². The minimum atomic E-state index is -0.410. The Hall–Kier alpha value is -3.09. The summed E-state index contributed by atoms with van der Waals surface area (Å²) in [5.41, 5.74) is 1.27. The highest BCUT2D eigenvalue weighted by Crippen LogP contribution is 2.15. The Morgan fingerprint density at radius 2 is 1.81 bits per heavy atom. The molecule has 0 fully saturated rings. The van der Waals surface area contributed by atoms with E-state index in [1.807, 2.05) is 24.3 Å². The van der Waals surface area contributed by atoms with E-state index in [1.54, 1.807) is 25.2 Å². The van der Waals surface area contributed by atoms with E-state index in [4.69, 9.17) is 4.74 Å². The number of hydrogen-bond acceptors (Lipinski definition) is 3. The first-order chi connectivity index (χ1) is 12.6. The molecule has 0 aliphatic heterocycles. The van der Waals surface area contributed by atoms with Crippen molar-refractivity contribution in [2.45, 2.75) is 13.0 Å². The monoisotopic (exact) mass is 357 g/mol. The SMILES string of the molecule is Cn1c(=O)n(CC(=O)NCCCOc2ccccc2F)c2ccccc21. The van der Waals surface area contributed by atoms with Crippen molar-refractivity contribution in [2.75, 3.05) is 13.2 Å². The first-order valence-electron chi connectivity index (χ1n) is 8.36. The zero-order valence-electron chi connectivity index (χ0n) is 14.4. The molecule has 0 aliphatic carbocycles. The standard InChI is InChI=1S/C19H20FN3O3/c1-22-15-8-3-4-9-16(15)23(19(22)25)13-18(24)21-11-6-12-26-17-10-5-2-7-14(17)20/h2-5,7-10H,6,11-13H2,1H3,(H,21,24). The van der Waals surface area contributed by atoms with Crippen LogP contribution < -0.4 is 15.7 Å². The Morgan fingerprint density at radius 1 is 1.12 bits per heavy atom. The number of ether oxygens (including phenoxy) is 1. The molecule has 0 bridgehead atoms. The van der Waals surface area contributed by atoms with Gasteiger partial charge in [0, 0.05) is 13.6 Å². The summed E-state index contributed by atoms with van der Waals surface area (Å²) in [5, 5.41) is 2.75. The molecule has 3 aromatic rings. The van der Waals surface area contributed by atoms with E-state index in [9.17, 15) is 14.0 Å². The third-order valence-corrected chi connectivity index (χ3v) is 4.09. The Labute approximate surface area is 149 Å². The second kappa shape index (κ2) is 7.86. The van der Waals surface area contributed by atoms with Gasteiger partial charge in [0.1, 0.15) is 6.54 Å². The van der Waals surface area contributed by atoms with Crippen LogP contribution >= 0.6 is 0 Å². The van der Waals surface area contributed by atoms with Gasteiger partial charge in [-0.15, -0.1) is 0 Å². The van der Waals surface area contributed by atoms with Gasteiger partial charge in [-0.1, -0.05) is 24.3 Å². The molecule has 3 rings (SSSR count). The number of nitrogens with one attached hydrogen (secondary N) is 1. The molecule has 1 amide bonds. The van der Waals surface area contributed by atoms with Crippen molar-refractivity contribution < 1.29 is 13.9 Å². The molecule has 1 aromatic heterocycles. The second-order valence-electron chi connectivity index (χ2n) is 5.90. The summed E-state index contributed by atoms with van der Waals surface area (Å²) in [7, 11) is 1.68. The minimum absolute atomic E-state index is 0.0473. The van der Waals surface area contributed by atoms with Gasteiger partial charge in [-0.3, -0.25) is 13.9 Å². The molecule has 136 valence electrons. The number of carbonyl (C=O) groups excluding carboxylic acids is 1. The topological polar surface area (TPSA) is 65.3 Å². The molecule has 2 aromatic carbocycles. The quantitative estimate of drug-likeness (QED) is 0.659. The van der Waals surface area contributed by atoms with Crippen LogP contribution in [0, 0.1) is 5.82 Å². The summed E-state index contributed by atoms with van der Waals surface area (Å²) >= 11 is 0. The molecule has 0 radical (unpaired) electrons. The molecule has 6 nitrogen and oxygen atoms in total. The second-order valence-corrected chi connectivity index (χ2v) is 5.90. The largest absolute Gasteiger partial charge is 0.490 e. The van der Waals surface area contributed by atoms with E-state index >= 15 is 0 Å². The van der Waals surface area contributed by atoms with Crippen LogP contribution in [-0.2, 0) is 18.4 Å². The lowest BCUT2D eigenvalue weighted by Gasteiger charge is -2.08. The molecule has 0 saturated heterocycles. The molecule has 0 unspecified atom stereocenters. The van der Waals surface area contributed by atoms with Gasteiger partial charge in [0.2, 0.25) is 5.91 Å². The van der Waals surface area contributed by atoms with Gasteiger partial charge < -0.3 is 10.1 Å². The maximum Gasteiger partial charge on any atom is 0.329 e.